The number of rotatable bonds is 12. The summed E-state index contributed by atoms with van der Waals surface area (Å²) >= 11 is 21.9. The van der Waals surface area contributed by atoms with Crippen molar-refractivity contribution in [2.24, 2.45) is 0 Å². The molecule has 26 nitrogen and oxygen atoms in total. The topological polar surface area (TPSA) is 393 Å². The van der Waals surface area contributed by atoms with Crippen molar-refractivity contribution >= 4 is 104 Å². The summed E-state index contributed by atoms with van der Waals surface area (Å²) in [5, 5.41) is 52.3. The number of H-pyrrole nitrogens is 1. The van der Waals surface area contributed by atoms with Crippen LogP contribution in [-0.4, -0.2) is 55.9 Å². The van der Waals surface area contributed by atoms with Gasteiger partial charge in [0, 0.05) is 39.4 Å². The second-order valence-corrected chi connectivity index (χ2v) is 19.7. The molecule has 0 saturated carbocycles. The van der Waals surface area contributed by atoms with Gasteiger partial charge >= 0.3 is 17.1 Å². The third kappa shape index (κ3) is 25.3. The number of anilines is 3. The summed E-state index contributed by atoms with van der Waals surface area (Å²) in [6.45, 7) is 9.29. The molecule has 7 N–H and O–H groups in total. The number of nitrogens with zero attached hydrogens (tertiary/aromatic N) is 10. The number of carbonyl (C=O) groups excluding carboxylic acids is 1. The Morgan fingerprint density at radius 1 is 0.538 bits per heavy atom. The maximum atomic E-state index is 10.8. The lowest BCUT2D eigenvalue weighted by Gasteiger charge is -2.06. The molecule has 0 radical (unpaired) electrons. The SMILES string of the molecule is C.C.C.C.C.Cc1cc(Cl)[n+]([O-])cc1[N+](=O)[O-].Cc1cc(Cl)nc(Cl)c1[N+](=O)[O-].Cc1cc(Cl)ncc1[N+](=O)[O-].Cc1cc(N)nc(N)c1[N+](=O)[O-].Cc1cc(N)nc2nc(-c3ccc(COc4ccccc4)cc3)[nH]c12.O=Cc1ccc(COc2ccccc2)cc1. The summed E-state index contributed by atoms with van der Waals surface area (Å²) in [7, 11) is 0. The van der Waals surface area contributed by atoms with Gasteiger partial charge in [0.25, 0.3) is 17.0 Å². The Morgan fingerprint density at radius 3 is 1.46 bits per heavy atom. The Labute approximate surface area is 557 Å². The number of aromatic amines is 1. The number of aldehydes is 1. The van der Waals surface area contributed by atoms with Crippen LogP contribution in [0, 0.1) is 80.3 Å². The third-order valence-corrected chi connectivity index (χ3v) is 12.6. The van der Waals surface area contributed by atoms with E-state index in [9.17, 15) is 50.5 Å². The molecule has 4 aromatic carbocycles. The van der Waals surface area contributed by atoms with Crippen molar-refractivity contribution in [2.75, 3.05) is 17.2 Å². The van der Waals surface area contributed by atoms with Gasteiger partial charge in [0.2, 0.25) is 11.0 Å². The van der Waals surface area contributed by atoms with Crippen molar-refractivity contribution in [2.45, 2.75) is 85.0 Å². The first-order valence-corrected chi connectivity index (χ1v) is 26.8. The molecular formula is C63H72Cl4N14O12. The van der Waals surface area contributed by atoms with Gasteiger partial charge in [-0.1, -0.05) is 157 Å². The zero-order valence-corrected chi connectivity index (χ0v) is 50.1. The zero-order chi connectivity index (χ0) is 64.8. The average Bonchev–Trinajstić information content (AvgIpc) is 1.69. The lowest BCUT2D eigenvalue weighted by atomic mass is 10.1. The molecule has 0 bridgehead atoms. The summed E-state index contributed by atoms with van der Waals surface area (Å²) in [5.41, 5.74) is 24.0. The van der Waals surface area contributed by atoms with Crippen molar-refractivity contribution in [1.82, 2.24) is 29.9 Å². The number of aryl methyl sites for hydroxylation is 5. The van der Waals surface area contributed by atoms with Crippen LogP contribution in [0.1, 0.15) is 86.4 Å². The van der Waals surface area contributed by atoms with E-state index in [0.717, 1.165) is 63.8 Å². The van der Waals surface area contributed by atoms with Crippen LogP contribution in [0.15, 0.2) is 152 Å². The molecule has 93 heavy (non-hydrogen) atoms. The molecule has 0 atom stereocenters. The van der Waals surface area contributed by atoms with Gasteiger partial charge < -0.3 is 36.9 Å². The minimum atomic E-state index is -0.625. The standard InChI is InChI=1S/C20H18N4O.C14H12O2.C6H4Cl2N2O2.C6H5ClN2O3.C6H5ClN2O2.C6H8N4O2.5CH4/c1-13-11-17(21)22-20-18(13)23-19(24-20)15-9-7-14(8-10-15)12-25-16-5-3-2-4-6-16;15-10-12-6-8-13(9-7-12)11-16-14-4-2-1-3-5-14;1-3-2-4(7)9-6(8)5(3)10(11)12;1-4-2-6(7)8(10)3-5(4)9(11)12;1-4-2-6(7)8-3-5(4)9(10)11;1-3-2-4(7)9-6(8)5(3)10(11)12;;;;;/h2-11H,12H2,1H3,(H3,21,22,23,24);1-10H,11H2;2H,1H3;2-3H,1H3;2-3H,1H3;2H,1H3,(H4,7,8,9);5*1H4. The highest BCUT2D eigenvalue weighted by Gasteiger charge is 2.20. The molecule has 0 unspecified atom stereocenters. The Bertz CT molecular complexity index is 3970. The highest BCUT2D eigenvalue weighted by molar-refractivity contribution is 6.34. The largest absolute Gasteiger partial charge is 0.617 e. The van der Waals surface area contributed by atoms with Gasteiger partial charge in [-0.25, -0.2) is 24.9 Å². The second-order valence-electron chi connectivity index (χ2n) is 18.2. The quantitative estimate of drug-likeness (QED) is 0.0220. The van der Waals surface area contributed by atoms with Gasteiger partial charge in [0.15, 0.2) is 5.65 Å². The molecule has 6 aromatic heterocycles. The smallest absolute Gasteiger partial charge is 0.336 e. The number of para-hydroxylation sites is 2. The molecule has 0 aliphatic rings. The minimum absolute atomic E-state index is 0. The van der Waals surface area contributed by atoms with E-state index in [1.807, 2.05) is 110 Å². The first-order chi connectivity index (χ1) is 41.7. The number of nitrogen functional groups attached to an aromatic ring is 3. The first-order valence-electron chi connectivity index (χ1n) is 25.3. The van der Waals surface area contributed by atoms with E-state index in [1.54, 1.807) is 32.9 Å². The van der Waals surface area contributed by atoms with E-state index < -0.39 is 19.7 Å². The molecule has 0 saturated heterocycles. The number of pyridine rings is 5. The number of hydrogen-bond acceptors (Lipinski definition) is 20. The van der Waals surface area contributed by atoms with Crippen LogP contribution in [0.3, 0.4) is 0 Å². The molecule has 10 rings (SSSR count). The number of imidazole rings is 1. The number of nitrogens with two attached hydrogens (primary N) is 3. The van der Waals surface area contributed by atoms with Crippen molar-refractivity contribution < 1.29 is 38.7 Å². The Kier molecular flexibility index (Phi) is 34.9. The number of benzene rings is 4. The number of halogens is 4. The molecule has 0 aliphatic heterocycles. The van der Waals surface area contributed by atoms with Gasteiger partial charge in [0.1, 0.15) is 65.0 Å². The molecule has 0 fully saturated rings. The number of nitro groups is 4. The Balaban J connectivity index is 0.00000111. The molecule has 0 amide bonds. The minimum Gasteiger partial charge on any atom is -0.617 e. The maximum Gasteiger partial charge on any atom is 0.336 e. The molecule has 6 heterocycles. The molecule has 0 aliphatic carbocycles. The predicted octanol–water partition coefficient (Wildman–Crippen LogP) is 16.6. The lowest BCUT2D eigenvalue weighted by molar-refractivity contribution is -0.607. The number of carbonyl (C=O) groups is 1. The molecule has 494 valence electrons. The van der Waals surface area contributed by atoms with E-state index in [-0.39, 0.29) is 96.9 Å². The maximum absolute atomic E-state index is 10.8. The summed E-state index contributed by atoms with van der Waals surface area (Å²) in [4.78, 5) is 72.4. The van der Waals surface area contributed by atoms with Crippen molar-refractivity contribution in [3.8, 4) is 22.9 Å². The predicted molar refractivity (Wildman–Crippen MR) is 368 cm³/mol. The summed E-state index contributed by atoms with van der Waals surface area (Å²) < 4.78 is 11.6. The molecular weight excluding hydrogens is 1290 g/mol. The molecule has 0 spiro atoms. The van der Waals surface area contributed by atoms with E-state index in [0.29, 0.717) is 52.5 Å². The third-order valence-electron chi connectivity index (χ3n) is 11.7. The molecule has 10 aromatic rings. The van der Waals surface area contributed by atoms with Crippen LogP contribution < -0.4 is 31.4 Å². The van der Waals surface area contributed by atoms with Crippen LogP contribution in [0.5, 0.6) is 11.5 Å². The van der Waals surface area contributed by atoms with Crippen LogP contribution in [0.4, 0.5) is 40.2 Å². The zero-order valence-electron chi connectivity index (χ0n) is 47.0. The van der Waals surface area contributed by atoms with Crippen molar-refractivity contribution in [3.63, 3.8) is 0 Å². The Hall–Kier alpha value is -10.7. The monoisotopic (exact) mass is 1360 g/mol. The van der Waals surface area contributed by atoms with Gasteiger partial charge in [-0.05, 0) is 111 Å². The molecule has 30 heteroatoms. The fraction of sp³-hybridized carbons (Fsp3) is 0.190. The van der Waals surface area contributed by atoms with Gasteiger partial charge in [-0.3, -0.25) is 45.3 Å². The van der Waals surface area contributed by atoms with Gasteiger partial charge in [-0.15, -0.1) is 0 Å². The highest BCUT2D eigenvalue weighted by atomic mass is 35.5. The fourth-order valence-corrected chi connectivity index (χ4v) is 8.40. The number of hydrogen-bond donors (Lipinski definition) is 4. The first kappa shape index (κ1) is 82.3. The van der Waals surface area contributed by atoms with E-state index >= 15 is 0 Å². The normalized spacial score (nSPS) is 9.56. The van der Waals surface area contributed by atoms with Gasteiger partial charge in [0.05, 0.1) is 25.2 Å². The number of fused-ring (bicyclic) bond motifs is 1. The number of nitrogens with one attached hydrogen (secondary N) is 1. The summed E-state index contributed by atoms with van der Waals surface area (Å²) in [6.07, 6.45) is 2.83. The van der Waals surface area contributed by atoms with E-state index in [4.69, 9.17) is 73.1 Å². The average molecular weight is 1360 g/mol. The number of ether oxygens (including phenoxy) is 2. The van der Waals surface area contributed by atoms with Crippen LogP contribution in [0.2, 0.25) is 20.6 Å². The fourth-order valence-electron chi connectivity index (χ4n) is 7.37. The van der Waals surface area contributed by atoms with E-state index in [2.05, 4.69) is 29.9 Å². The van der Waals surface area contributed by atoms with Crippen molar-refractivity contribution in [1.29, 1.82) is 0 Å². The lowest BCUT2D eigenvalue weighted by Crippen LogP contribution is -2.27. The van der Waals surface area contributed by atoms with Crippen LogP contribution in [0.25, 0.3) is 22.6 Å². The Morgan fingerprint density at radius 2 is 1.00 bits per heavy atom. The summed E-state index contributed by atoms with van der Waals surface area (Å²) in [5.74, 6) is 3.03. The van der Waals surface area contributed by atoms with E-state index in [1.165, 1.54) is 31.2 Å². The van der Waals surface area contributed by atoms with Crippen LogP contribution in [-0.2, 0) is 13.2 Å². The summed E-state index contributed by atoms with van der Waals surface area (Å²) in [6, 6.07) is 42.3. The number of aromatic nitrogens is 7. The van der Waals surface area contributed by atoms with Gasteiger partial charge in [-0.2, -0.15) is 4.73 Å². The second kappa shape index (κ2) is 39.5. The highest BCUT2D eigenvalue weighted by Crippen LogP contribution is 2.29. The van der Waals surface area contributed by atoms with Crippen molar-refractivity contribution in [3.05, 3.63) is 263 Å². The van der Waals surface area contributed by atoms with Crippen LogP contribution >= 0.6 is 46.4 Å².